The molecule has 3 rings (SSSR count). The summed E-state index contributed by atoms with van der Waals surface area (Å²) >= 11 is 6.69. The van der Waals surface area contributed by atoms with E-state index in [1.807, 2.05) is 30.3 Å². The molecule has 7 nitrogen and oxygen atoms in total. The normalized spacial score (nSPS) is 11.2. The number of aromatic amines is 2. The maximum absolute atomic E-state index is 5.19. The Labute approximate surface area is 129 Å². The van der Waals surface area contributed by atoms with Gasteiger partial charge in [0.1, 0.15) is 5.03 Å². The summed E-state index contributed by atoms with van der Waals surface area (Å²) in [5, 5.41) is 22.4. The van der Waals surface area contributed by atoms with Gasteiger partial charge in [-0.3, -0.25) is 5.10 Å². The zero-order chi connectivity index (χ0) is 14.5. The molecule has 0 amide bonds. The van der Waals surface area contributed by atoms with Gasteiger partial charge >= 0.3 is 0 Å². The summed E-state index contributed by atoms with van der Waals surface area (Å²) in [5.74, 6) is 1.31. The Bertz CT molecular complexity index is 774. The molecule has 2 N–H and O–H groups in total. The first-order valence-corrected chi connectivity index (χ1v) is 7.46. The molecule has 0 aliphatic carbocycles. The van der Waals surface area contributed by atoms with Gasteiger partial charge in [-0.2, -0.15) is 25.2 Å². The van der Waals surface area contributed by atoms with E-state index in [1.54, 1.807) is 17.1 Å². The van der Waals surface area contributed by atoms with E-state index in [9.17, 15) is 0 Å². The van der Waals surface area contributed by atoms with Crippen LogP contribution in [-0.2, 0) is 5.75 Å². The number of nitrogens with zero attached hydrogens (tertiary/aromatic N) is 5. The van der Waals surface area contributed by atoms with Crippen molar-refractivity contribution in [3.05, 3.63) is 52.7 Å². The number of aromatic nitrogens is 6. The van der Waals surface area contributed by atoms with Crippen molar-refractivity contribution in [3.8, 4) is 0 Å². The van der Waals surface area contributed by atoms with Gasteiger partial charge in [0.2, 0.25) is 4.77 Å². The molecule has 0 saturated carbocycles. The fraction of sp³-hybridized carbons (Fsp3) is 0.0833. The number of hydrogen-bond acceptors (Lipinski definition) is 6. The van der Waals surface area contributed by atoms with Crippen molar-refractivity contribution >= 4 is 30.2 Å². The number of H-pyrrole nitrogens is 2. The van der Waals surface area contributed by atoms with Gasteiger partial charge in [-0.05, 0) is 17.8 Å². The van der Waals surface area contributed by atoms with Crippen LogP contribution in [-0.4, -0.2) is 36.5 Å². The highest BCUT2D eigenvalue weighted by atomic mass is 32.2. The molecule has 3 aromatic rings. The summed E-state index contributed by atoms with van der Waals surface area (Å²) in [5.41, 5.74) is 0.996. The molecule has 0 saturated heterocycles. The lowest BCUT2D eigenvalue weighted by Crippen LogP contribution is -1.97. The summed E-state index contributed by atoms with van der Waals surface area (Å²) in [6.45, 7) is 0. The maximum Gasteiger partial charge on any atom is 0.216 e. The van der Waals surface area contributed by atoms with Crippen LogP contribution in [0.15, 0.2) is 46.7 Å². The molecule has 0 atom stereocenters. The van der Waals surface area contributed by atoms with Crippen LogP contribution in [0.25, 0.3) is 0 Å². The number of benzene rings is 1. The zero-order valence-corrected chi connectivity index (χ0v) is 12.4. The minimum absolute atomic E-state index is 0.456. The first-order chi connectivity index (χ1) is 10.3. The van der Waals surface area contributed by atoms with Crippen LogP contribution >= 0.6 is 24.0 Å². The zero-order valence-electron chi connectivity index (χ0n) is 10.8. The van der Waals surface area contributed by atoms with Crippen molar-refractivity contribution in [2.75, 3.05) is 0 Å². The summed E-state index contributed by atoms with van der Waals surface area (Å²) in [6.07, 6.45) is 3.40. The number of hydrogen-bond donors (Lipinski definition) is 2. The van der Waals surface area contributed by atoms with Crippen molar-refractivity contribution in [1.82, 2.24) is 30.3 Å². The molecule has 0 spiro atoms. The molecule has 0 fully saturated rings. The second kappa shape index (κ2) is 6.46. The Balaban J connectivity index is 1.77. The van der Waals surface area contributed by atoms with Crippen molar-refractivity contribution in [1.29, 1.82) is 0 Å². The standard InChI is InChI=1S/C12H11N7S2/c20-12-17-15-10(8-21-11-7-13-18-16-11)19(12)14-6-9-4-2-1-3-5-9/h1-7H,8H2,(H,17,20)(H,13,16,18). The number of nitrogens with one attached hydrogen (secondary N) is 2. The van der Waals surface area contributed by atoms with Crippen LogP contribution in [0.2, 0.25) is 0 Å². The topological polar surface area (TPSA) is 87.5 Å². The lowest BCUT2D eigenvalue weighted by molar-refractivity contribution is 0.813. The molecule has 0 aliphatic heterocycles. The molecular weight excluding hydrogens is 306 g/mol. The quantitative estimate of drug-likeness (QED) is 0.428. The van der Waals surface area contributed by atoms with Crippen LogP contribution in [0, 0.1) is 4.77 Å². The Hall–Kier alpha value is -2.26. The van der Waals surface area contributed by atoms with Gasteiger partial charge in [0, 0.05) is 0 Å². The molecule has 21 heavy (non-hydrogen) atoms. The van der Waals surface area contributed by atoms with Crippen molar-refractivity contribution < 1.29 is 0 Å². The van der Waals surface area contributed by atoms with Crippen molar-refractivity contribution in [2.45, 2.75) is 10.8 Å². The van der Waals surface area contributed by atoms with E-state index >= 15 is 0 Å². The van der Waals surface area contributed by atoms with Crippen LogP contribution in [0.1, 0.15) is 11.4 Å². The van der Waals surface area contributed by atoms with Crippen LogP contribution in [0.4, 0.5) is 0 Å². The highest BCUT2D eigenvalue weighted by molar-refractivity contribution is 7.98. The second-order valence-corrected chi connectivity index (χ2v) is 5.39. The predicted molar refractivity (Wildman–Crippen MR) is 82.8 cm³/mol. The van der Waals surface area contributed by atoms with Gasteiger partial charge in [-0.1, -0.05) is 42.1 Å². The molecule has 1 aromatic carbocycles. The fourth-order valence-corrected chi connectivity index (χ4v) is 2.49. The van der Waals surface area contributed by atoms with E-state index in [-0.39, 0.29) is 0 Å². The summed E-state index contributed by atoms with van der Waals surface area (Å²) in [6, 6.07) is 9.81. The van der Waals surface area contributed by atoms with Gasteiger partial charge in [0.15, 0.2) is 5.82 Å². The van der Waals surface area contributed by atoms with Gasteiger partial charge in [-0.25, -0.2) is 0 Å². The van der Waals surface area contributed by atoms with E-state index < -0.39 is 0 Å². The largest absolute Gasteiger partial charge is 0.250 e. The average molecular weight is 317 g/mol. The SMILES string of the molecule is S=c1[nH]nc(CSc2cn[nH]n2)n1N=Cc1ccccc1. The third-order valence-corrected chi connectivity index (χ3v) is 3.74. The summed E-state index contributed by atoms with van der Waals surface area (Å²) in [4.78, 5) is 0. The maximum atomic E-state index is 5.19. The Morgan fingerprint density at radius 2 is 2.14 bits per heavy atom. The van der Waals surface area contributed by atoms with Crippen molar-refractivity contribution in [2.24, 2.45) is 5.10 Å². The van der Waals surface area contributed by atoms with Crippen molar-refractivity contribution in [3.63, 3.8) is 0 Å². The molecule has 2 aromatic heterocycles. The Morgan fingerprint density at radius 1 is 1.29 bits per heavy atom. The first kappa shape index (κ1) is 13.7. The lowest BCUT2D eigenvalue weighted by Gasteiger charge is -1.99. The summed E-state index contributed by atoms with van der Waals surface area (Å²) < 4.78 is 2.06. The predicted octanol–water partition coefficient (Wildman–Crippen LogP) is 2.23. The number of rotatable bonds is 5. The van der Waals surface area contributed by atoms with Gasteiger partial charge in [0.25, 0.3) is 0 Å². The van der Waals surface area contributed by atoms with Gasteiger partial charge in [-0.15, -0.1) is 5.10 Å². The third-order valence-electron chi connectivity index (χ3n) is 2.58. The van der Waals surface area contributed by atoms with Gasteiger partial charge < -0.3 is 0 Å². The summed E-state index contributed by atoms with van der Waals surface area (Å²) in [7, 11) is 0. The van der Waals surface area contributed by atoms with E-state index in [0.717, 1.165) is 16.4 Å². The highest BCUT2D eigenvalue weighted by Crippen LogP contribution is 2.18. The monoisotopic (exact) mass is 317 g/mol. The lowest BCUT2D eigenvalue weighted by atomic mass is 10.2. The second-order valence-electron chi connectivity index (χ2n) is 4.01. The molecule has 9 heteroatoms. The Morgan fingerprint density at radius 3 is 2.90 bits per heavy atom. The highest BCUT2D eigenvalue weighted by Gasteiger charge is 2.07. The van der Waals surface area contributed by atoms with Gasteiger partial charge in [0.05, 0.1) is 18.2 Å². The number of thioether (sulfide) groups is 1. The minimum atomic E-state index is 0.456. The van der Waals surface area contributed by atoms with E-state index in [0.29, 0.717) is 10.5 Å². The first-order valence-electron chi connectivity index (χ1n) is 6.07. The molecule has 106 valence electrons. The molecule has 0 aliphatic rings. The molecule has 0 unspecified atom stereocenters. The van der Waals surface area contributed by atoms with E-state index in [4.69, 9.17) is 12.2 Å². The minimum Gasteiger partial charge on any atom is -0.250 e. The van der Waals surface area contributed by atoms with E-state index in [1.165, 1.54) is 11.8 Å². The van der Waals surface area contributed by atoms with Crippen LogP contribution in [0.3, 0.4) is 0 Å². The molecular formula is C12H11N7S2. The molecule has 0 radical (unpaired) electrons. The Kier molecular flexibility index (Phi) is 4.22. The average Bonchev–Trinajstić information content (AvgIpc) is 3.14. The van der Waals surface area contributed by atoms with Crippen LogP contribution < -0.4 is 0 Å². The third kappa shape index (κ3) is 3.44. The smallest absolute Gasteiger partial charge is 0.216 e. The van der Waals surface area contributed by atoms with Crippen LogP contribution in [0.5, 0.6) is 0 Å². The molecule has 0 bridgehead atoms. The van der Waals surface area contributed by atoms with E-state index in [2.05, 4.69) is 30.7 Å². The fourth-order valence-electron chi connectivity index (χ4n) is 1.60. The molecule has 2 heterocycles.